The van der Waals surface area contributed by atoms with Gasteiger partial charge in [-0.15, -0.1) is 0 Å². The molecule has 0 fully saturated rings. The van der Waals surface area contributed by atoms with Crippen LogP contribution in [0.5, 0.6) is 0 Å². The van der Waals surface area contributed by atoms with Gasteiger partial charge >= 0.3 is 5.97 Å². The van der Waals surface area contributed by atoms with Crippen LogP contribution in [0.3, 0.4) is 0 Å². The molecule has 0 rings (SSSR count). The average molecular weight is 329 g/mol. The van der Waals surface area contributed by atoms with Crippen LogP contribution in [0, 0.1) is 5.92 Å². The predicted molar refractivity (Wildman–Crippen MR) is 92.0 cm³/mol. The van der Waals surface area contributed by atoms with Gasteiger partial charge in [-0.05, 0) is 25.7 Å². The fraction of sp³-hybridized carbons (Fsp3) is 0.889. The van der Waals surface area contributed by atoms with E-state index in [9.17, 15) is 14.7 Å². The largest absolute Gasteiger partial charge is 0.464 e. The molecular formula is C18H35NO4. The molecule has 5 heteroatoms. The summed E-state index contributed by atoms with van der Waals surface area (Å²) in [6, 6.07) is -0.591. The number of carbonyl (C=O) groups excluding carboxylic acids is 2. The molecule has 0 aliphatic rings. The van der Waals surface area contributed by atoms with E-state index in [0.29, 0.717) is 19.3 Å². The van der Waals surface area contributed by atoms with Crippen LogP contribution in [0.25, 0.3) is 0 Å². The molecule has 0 spiro atoms. The van der Waals surface area contributed by atoms with Crippen molar-refractivity contribution in [3.63, 3.8) is 0 Å². The van der Waals surface area contributed by atoms with E-state index in [2.05, 4.69) is 12.2 Å². The standard InChI is InChI=1S/C18H35NO4/c1-5-6-7-8-9-10-17(21)19-16(13-14(2)3)18(22)23-12-11-15(4)20/h14-16,20H,5-13H2,1-4H3,(H,19,21). The molecule has 5 nitrogen and oxygen atoms in total. The molecular weight excluding hydrogens is 294 g/mol. The summed E-state index contributed by atoms with van der Waals surface area (Å²) in [5, 5.41) is 12.0. The van der Waals surface area contributed by atoms with Crippen LogP contribution < -0.4 is 5.32 Å². The van der Waals surface area contributed by atoms with E-state index in [1.807, 2.05) is 13.8 Å². The maximum atomic E-state index is 12.1. The highest BCUT2D eigenvalue weighted by atomic mass is 16.5. The third-order valence-corrected chi connectivity index (χ3v) is 3.61. The second kappa shape index (κ2) is 13.3. The monoisotopic (exact) mass is 329 g/mol. The van der Waals surface area contributed by atoms with Gasteiger partial charge in [-0.3, -0.25) is 4.79 Å². The van der Waals surface area contributed by atoms with Crippen molar-refractivity contribution >= 4 is 11.9 Å². The van der Waals surface area contributed by atoms with Crippen LogP contribution in [0.1, 0.15) is 79.1 Å². The van der Waals surface area contributed by atoms with Crippen LogP contribution in [0.15, 0.2) is 0 Å². The lowest BCUT2D eigenvalue weighted by Crippen LogP contribution is -2.42. The summed E-state index contributed by atoms with van der Waals surface area (Å²) in [7, 11) is 0. The predicted octanol–water partition coefficient (Wildman–Crippen LogP) is 3.19. The normalized spacial score (nSPS) is 13.7. The van der Waals surface area contributed by atoms with Gasteiger partial charge in [-0.25, -0.2) is 4.79 Å². The van der Waals surface area contributed by atoms with Crippen molar-refractivity contribution in [1.29, 1.82) is 0 Å². The van der Waals surface area contributed by atoms with Crippen molar-refractivity contribution in [2.75, 3.05) is 6.61 Å². The molecule has 0 heterocycles. The Morgan fingerprint density at radius 1 is 1.09 bits per heavy atom. The molecule has 1 amide bonds. The lowest BCUT2D eigenvalue weighted by atomic mass is 10.0. The Morgan fingerprint density at radius 2 is 1.74 bits per heavy atom. The number of unbranched alkanes of at least 4 members (excludes halogenated alkanes) is 4. The fourth-order valence-corrected chi connectivity index (χ4v) is 2.27. The first kappa shape index (κ1) is 21.9. The Kier molecular flexibility index (Phi) is 12.7. The first-order chi connectivity index (χ1) is 10.9. The topological polar surface area (TPSA) is 75.6 Å². The first-order valence-electron chi connectivity index (χ1n) is 9.00. The molecule has 0 aliphatic heterocycles. The fourth-order valence-electron chi connectivity index (χ4n) is 2.27. The highest BCUT2D eigenvalue weighted by Gasteiger charge is 2.23. The van der Waals surface area contributed by atoms with Gasteiger partial charge in [0.25, 0.3) is 0 Å². The lowest BCUT2D eigenvalue weighted by Gasteiger charge is -2.19. The highest BCUT2D eigenvalue weighted by molar-refractivity contribution is 5.84. The molecule has 0 aromatic heterocycles. The van der Waals surface area contributed by atoms with Gasteiger partial charge in [0.2, 0.25) is 5.91 Å². The summed E-state index contributed by atoms with van der Waals surface area (Å²) < 4.78 is 5.16. The summed E-state index contributed by atoms with van der Waals surface area (Å²) in [5.41, 5.74) is 0. The van der Waals surface area contributed by atoms with Crippen LogP contribution in [0.2, 0.25) is 0 Å². The summed E-state index contributed by atoms with van der Waals surface area (Å²) in [6.45, 7) is 8.00. The van der Waals surface area contributed by atoms with E-state index >= 15 is 0 Å². The smallest absolute Gasteiger partial charge is 0.328 e. The Balaban J connectivity index is 4.20. The maximum absolute atomic E-state index is 12.1. The summed E-state index contributed by atoms with van der Waals surface area (Å²) >= 11 is 0. The van der Waals surface area contributed by atoms with Gasteiger partial charge in [0.15, 0.2) is 0 Å². The second-order valence-corrected chi connectivity index (χ2v) is 6.72. The molecule has 2 atom stereocenters. The molecule has 2 unspecified atom stereocenters. The molecule has 0 aromatic carbocycles. The molecule has 0 bridgehead atoms. The van der Waals surface area contributed by atoms with E-state index in [1.165, 1.54) is 12.8 Å². The summed E-state index contributed by atoms with van der Waals surface area (Å²) in [6.07, 6.45) is 6.38. The maximum Gasteiger partial charge on any atom is 0.328 e. The highest BCUT2D eigenvalue weighted by Crippen LogP contribution is 2.09. The van der Waals surface area contributed by atoms with Crippen LogP contribution >= 0.6 is 0 Å². The van der Waals surface area contributed by atoms with Crippen LogP contribution in [-0.2, 0) is 14.3 Å². The summed E-state index contributed by atoms with van der Waals surface area (Å²) in [4.78, 5) is 24.1. The van der Waals surface area contributed by atoms with Gasteiger partial charge in [0.05, 0.1) is 12.7 Å². The zero-order valence-electron chi connectivity index (χ0n) is 15.3. The van der Waals surface area contributed by atoms with Crippen LogP contribution in [0.4, 0.5) is 0 Å². The van der Waals surface area contributed by atoms with Crippen molar-refractivity contribution in [2.45, 2.75) is 91.2 Å². The third-order valence-electron chi connectivity index (χ3n) is 3.61. The van der Waals surface area contributed by atoms with E-state index in [-0.39, 0.29) is 18.4 Å². The summed E-state index contributed by atoms with van der Waals surface area (Å²) in [5.74, 6) is -0.201. The van der Waals surface area contributed by atoms with Crippen molar-refractivity contribution in [2.24, 2.45) is 5.92 Å². The Bertz CT molecular complexity index is 329. The Hall–Kier alpha value is -1.10. The van der Waals surface area contributed by atoms with E-state index in [0.717, 1.165) is 19.3 Å². The van der Waals surface area contributed by atoms with Gasteiger partial charge in [-0.2, -0.15) is 0 Å². The minimum Gasteiger partial charge on any atom is -0.464 e. The number of ether oxygens (including phenoxy) is 1. The number of amides is 1. The number of aliphatic hydroxyl groups excluding tert-OH is 1. The van der Waals surface area contributed by atoms with Crippen molar-refractivity contribution in [3.8, 4) is 0 Å². The van der Waals surface area contributed by atoms with Gasteiger partial charge in [-0.1, -0.05) is 46.5 Å². The van der Waals surface area contributed by atoms with Crippen molar-refractivity contribution in [3.05, 3.63) is 0 Å². The Labute approximate surface area is 141 Å². The number of hydrogen-bond donors (Lipinski definition) is 2. The van der Waals surface area contributed by atoms with Crippen molar-refractivity contribution in [1.82, 2.24) is 5.32 Å². The first-order valence-corrected chi connectivity index (χ1v) is 9.00. The number of rotatable bonds is 13. The third kappa shape index (κ3) is 13.1. The molecule has 0 radical (unpaired) electrons. The van der Waals surface area contributed by atoms with Gasteiger partial charge < -0.3 is 15.2 Å². The number of aliphatic hydroxyl groups is 1. The zero-order valence-corrected chi connectivity index (χ0v) is 15.3. The van der Waals surface area contributed by atoms with Crippen molar-refractivity contribution < 1.29 is 19.4 Å². The molecule has 0 saturated carbocycles. The Morgan fingerprint density at radius 3 is 2.30 bits per heavy atom. The molecule has 136 valence electrons. The van der Waals surface area contributed by atoms with Gasteiger partial charge in [0, 0.05) is 12.8 Å². The van der Waals surface area contributed by atoms with Crippen LogP contribution in [-0.4, -0.2) is 35.7 Å². The molecule has 23 heavy (non-hydrogen) atoms. The quantitative estimate of drug-likeness (QED) is 0.402. The van der Waals surface area contributed by atoms with E-state index in [4.69, 9.17) is 4.74 Å². The minimum atomic E-state index is -0.591. The van der Waals surface area contributed by atoms with E-state index < -0.39 is 18.1 Å². The number of carbonyl (C=O) groups is 2. The zero-order chi connectivity index (χ0) is 17.7. The molecule has 0 aliphatic carbocycles. The number of hydrogen-bond acceptors (Lipinski definition) is 4. The number of nitrogens with one attached hydrogen (secondary N) is 1. The number of esters is 1. The second-order valence-electron chi connectivity index (χ2n) is 6.72. The SMILES string of the molecule is CCCCCCCC(=O)NC(CC(C)C)C(=O)OCCC(C)O. The minimum absolute atomic E-state index is 0.0837. The lowest BCUT2D eigenvalue weighted by molar-refractivity contribution is -0.149. The average Bonchev–Trinajstić information content (AvgIpc) is 2.45. The van der Waals surface area contributed by atoms with E-state index in [1.54, 1.807) is 6.92 Å². The molecule has 0 aromatic rings. The molecule has 2 N–H and O–H groups in total. The van der Waals surface area contributed by atoms with Gasteiger partial charge in [0.1, 0.15) is 6.04 Å². The molecule has 0 saturated heterocycles.